The van der Waals surface area contributed by atoms with Crippen LogP contribution in [0.25, 0.3) is 0 Å². The minimum Gasteiger partial charge on any atom is -0.361 e. The third kappa shape index (κ3) is 2.03. The third-order valence-electron chi connectivity index (χ3n) is 1.69. The van der Waals surface area contributed by atoms with Crippen molar-refractivity contribution in [3.63, 3.8) is 0 Å². The maximum atomic E-state index is 3.98. The van der Waals surface area contributed by atoms with Crippen molar-refractivity contribution in [3.8, 4) is 0 Å². The van der Waals surface area contributed by atoms with Gasteiger partial charge >= 0.3 is 0 Å². The highest BCUT2D eigenvalue weighted by atomic mass is 15.2. The summed E-state index contributed by atoms with van der Waals surface area (Å²) < 4.78 is 0. The molecule has 2 aromatic heterocycles. The van der Waals surface area contributed by atoms with Crippen molar-refractivity contribution in [2.45, 2.75) is 13.5 Å². The van der Waals surface area contributed by atoms with Crippen LogP contribution in [0.3, 0.4) is 0 Å². The van der Waals surface area contributed by atoms with Crippen molar-refractivity contribution in [2.75, 3.05) is 5.32 Å². The fourth-order valence-corrected chi connectivity index (χ4v) is 1.04. The van der Waals surface area contributed by atoms with Crippen LogP contribution in [0.2, 0.25) is 0 Å². The highest BCUT2D eigenvalue weighted by Gasteiger charge is 1.97. The van der Waals surface area contributed by atoms with Crippen molar-refractivity contribution in [3.05, 3.63) is 30.0 Å². The van der Waals surface area contributed by atoms with E-state index in [1.165, 1.54) is 6.33 Å². The standard InChI is InChI=1S/C8H10N6/c1-6-2-7(13-11-3-6)9-4-8-10-5-12-14-8/h2-3,5H,4H2,1H3,(H,9,13)(H,10,12,14). The molecule has 0 atom stereocenters. The molecule has 72 valence electrons. The number of hydrogen-bond acceptors (Lipinski definition) is 5. The van der Waals surface area contributed by atoms with E-state index in [0.717, 1.165) is 17.2 Å². The molecule has 0 amide bonds. The molecule has 0 radical (unpaired) electrons. The van der Waals surface area contributed by atoms with E-state index in [-0.39, 0.29) is 0 Å². The van der Waals surface area contributed by atoms with E-state index in [0.29, 0.717) is 6.54 Å². The van der Waals surface area contributed by atoms with Gasteiger partial charge < -0.3 is 5.32 Å². The Balaban J connectivity index is 1.98. The van der Waals surface area contributed by atoms with Crippen LogP contribution in [0.4, 0.5) is 5.82 Å². The number of nitrogens with zero attached hydrogens (tertiary/aromatic N) is 4. The Morgan fingerprint density at radius 2 is 2.43 bits per heavy atom. The second-order valence-corrected chi connectivity index (χ2v) is 2.90. The first-order valence-electron chi connectivity index (χ1n) is 4.22. The predicted molar refractivity (Wildman–Crippen MR) is 50.5 cm³/mol. The highest BCUT2D eigenvalue weighted by molar-refractivity contribution is 5.34. The van der Waals surface area contributed by atoms with Gasteiger partial charge in [0.25, 0.3) is 0 Å². The number of nitrogens with one attached hydrogen (secondary N) is 2. The Kier molecular flexibility index (Phi) is 2.35. The minimum atomic E-state index is 0.568. The maximum Gasteiger partial charge on any atom is 0.149 e. The molecule has 2 N–H and O–H groups in total. The summed E-state index contributed by atoms with van der Waals surface area (Å²) in [4.78, 5) is 3.98. The molecule has 14 heavy (non-hydrogen) atoms. The van der Waals surface area contributed by atoms with Crippen LogP contribution in [0.15, 0.2) is 18.6 Å². The molecule has 0 fully saturated rings. The normalized spacial score (nSPS) is 10.1. The van der Waals surface area contributed by atoms with Crippen LogP contribution in [0.1, 0.15) is 11.4 Å². The summed E-state index contributed by atoms with van der Waals surface area (Å²) in [6.45, 7) is 2.53. The second-order valence-electron chi connectivity index (χ2n) is 2.90. The fourth-order valence-electron chi connectivity index (χ4n) is 1.04. The van der Waals surface area contributed by atoms with Crippen LogP contribution in [0.5, 0.6) is 0 Å². The predicted octanol–water partition coefficient (Wildman–Crippen LogP) is 0.515. The lowest BCUT2D eigenvalue weighted by molar-refractivity contribution is 0.927. The molecule has 0 aromatic carbocycles. The zero-order valence-electron chi connectivity index (χ0n) is 7.73. The van der Waals surface area contributed by atoms with Crippen LogP contribution in [-0.4, -0.2) is 25.4 Å². The van der Waals surface area contributed by atoms with Crippen LogP contribution < -0.4 is 5.32 Å². The molecule has 0 aliphatic rings. The van der Waals surface area contributed by atoms with Gasteiger partial charge in [-0.15, -0.1) is 5.10 Å². The Morgan fingerprint density at radius 1 is 1.50 bits per heavy atom. The smallest absolute Gasteiger partial charge is 0.149 e. The Morgan fingerprint density at radius 3 is 3.14 bits per heavy atom. The van der Waals surface area contributed by atoms with Gasteiger partial charge in [0.2, 0.25) is 0 Å². The van der Waals surface area contributed by atoms with Crippen molar-refractivity contribution < 1.29 is 0 Å². The molecule has 2 rings (SSSR count). The second kappa shape index (κ2) is 3.82. The number of H-pyrrole nitrogens is 1. The summed E-state index contributed by atoms with van der Waals surface area (Å²) in [5, 5.41) is 17.3. The van der Waals surface area contributed by atoms with Crippen LogP contribution >= 0.6 is 0 Å². The first kappa shape index (κ1) is 8.61. The molecule has 0 saturated carbocycles. The van der Waals surface area contributed by atoms with E-state index in [1.54, 1.807) is 6.20 Å². The van der Waals surface area contributed by atoms with E-state index in [4.69, 9.17) is 0 Å². The van der Waals surface area contributed by atoms with Gasteiger partial charge in [0, 0.05) is 0 Å². The van der Waals surface area contributed by atoms with Crippen molar-refractivity contribution in [1.82, 2.24) is 25.4 Å². The molecule has 2 aromatic rings. The Bertz CT molecular complexity index is 396. The number of aromatic nitrogens is 5. The topological polar surface area (TPSA) is 79.4 Å². The summed E-state index contributed by atoms with van der Waals surface area (Å²) in [6.07, 6.45) is 3.18. The largest absolute Gasteiger partial charge is 0.361 e. The van der Waals surface area contributed by atoms with Gasteiger partial charge in [-0.25, -0.2) is 4.98 Å². The lowest BCUT2D eigenvalue weighted by Gasteiger charge is -2.01. The monoisotopic (exact) mass is 190 g/mol. The molecule has 0 aliphatic heterocycles. The van der Waals surface area contributed by atoms with Gasteiger partial charge in [-0.3, -0.25) is 5.10 Å². The highest BCUT2D eigenvalue weighted by Crippen LogP contribution is 2.03. The summed E-state index contributed by atoms with van der Waals surface area (Å²) >= 11 is 0. The van der Waals surface area contributed by atoms with E-state index in [2.05, 4.69) is 30.7 Å². The van der Waals surface area contributed by atoms with Gasteiger partial charge in [-0.05, 0) is 18.6 Å². The van der Waals surface area contributed by atoms with E-state index in [9.17, 15) is 0 Å². The Hall–Kier alpha value is -1.98. The van der Waals surface area contributed by atoms with Crippen LogP contribution in [-0.2, 0) is 6.54 Å². The summed E-state index contributed by atoms with van der Waals surface area (Å²) in [6, 6.07) is 1.92. The van der Waals surface area contributed by atoms with Crippen molar-refractivity contribution in [1.29, 1.82) is 0 Å². The average Bonchev–Trinajstić information content (AvgIpc) is 2.67. The lowest BCUT2D eigenvalue weighted by Crippen LogP contribution is -2.03. The molecule has 6 heteroatoms. The SMILES string of the molecule is Cc1cnnc(NCc2ncn[nH]2)c1. The van der Waals surface area contributed by atoms with Gasteiger partial charge in [-0.2, -0.15) is 10.2 Å². The minimum absolute atomic E-state index is 0.568. The zero-order chi connectivity index (χ0) is 9.80. The van der Waals surface area contributed by atoms with E-state index in [1.807, 2.05) is 13.0 Å². The zero-order valence-corrected chi connectivity index (χ0v) is 7.73. The Labute approximate surface area is 80.8 Å². The van der Waals surface area contributed by atoms with Gasteiger partial charge in [0.15, 0.2) is 0 Å². The summed E-state index contributed by atoms with van der Waals surface area (Å²) in [7, 11) is 0. The average molecular weight is 190 g/mol. The van der Waals surface area contributed by atoms with Crippen molar-refractivity contribution in [2.24, 2.45) is 0 Å². The van der Waals surface area contributed by atoms with Gasteiger partial charge in [-0.1, -0.05) is 0 Å². The summed E-state index contributed by atoms with van der Waals surface area (Å²) in [5.74, 6) is 1.51. The fraction of sp³-hybridized carbons (Fsp3) is 0.250. The quantitative estimate of drug-likeness (QED) is 0.737. The molecule has 0 aliphatic carbocycles. The van der Waals surface area contributed by atoms with Crippen LogP contribution in [0, 0.1) is 6.92 Å². The van der Waals surface area contributed by atoms with E-state index >= 15 is 0 Å². The molecule has 0 bridgehead atoms. The van der Waals surface area contributed by atoms with E-state index < -0.39 is 0 Å². The molecular weight excluding hydrogens is 180 g/mol. The molecule has 0 spiro atoms. The first-order valence-corrected chi connectivity index (χ1v) is 4.22. The number of hydrogen-bond donors (Lipinski definition) is 2. The summed E-state index contributed by atoms with van der Waals surface area (Å²) in [5.41, 5.74) is 1.07. The maximum absolute atomic E-state index is 3.98. The molecule has 6 nitrogen and oxygen atoms in total. The first-order chi connectivity index (χ1) is 6.84. The molecular formula is C8H10N6. The number of aromatic amines is 1. The third-order valence-corrected chi connectivity index (χ3v) is 1.69. The van der Waals surface area contributed by atoms with Crippen molar-refractivity contribution >= 4 is 5.82 Å². The number of rotatable bonds is 3. The number of aryl methyl sites for hydroxylation is 1. The molecule has 2 heterocycles. The van der Waals surface area contributed by atoms with Gasteiger partial charge in [0.1, 0.15) is 18.0 Å². The van der Waals surface area contributed by atoms with Gasteiger partial charge in [0.05, 0.1) is 12.7 Å². The molecule has 0 unspecified atom stereocenters. The molecule has 0 saturated heterocycles. The number of anilines is 1. The lowest BCUT2D eigenvalue weighted by atomic mass is 10.3.